The molecule has 1 atom stereocenters. The van der Waals surface area contributed by atoms with Gasteiger partial charge in [-0.3, -0.25) is 0 Å². The predicted octanol–water partition coefficient (Wildman–Crippen LogP) is 3.88. The Hall–Kier alpha value is -0.0800. The quantitative estimate of drug-likeness (QED) is 0.758. The average molecular weight is 267 g/mol. The maximum atomic E-state index is 9.77. The lowest BCUT2D eigenvalue weighted by Gasteiger charge is -2.37. The third-order valence-corrected chi connectivity index (χ3v) is 5.59. The van der Waals surface area contributed by atoms with E-state index in [0.29, 0.717) is 18.1 Å². The van der Waals surface area contributed by atoms with Crippen molar-refractivity contribution in [2.24, 2.45) is 10.8 Å². The summed E-state index contributed by atoms with van der Waals surface area (Å²) in [6.45, 7) is 6.23. The van der Waals surface area contributed by atoms with E-state index in [4.69, 9.17) is 0 Å². The Morgan fingerprint density at radius 1 is 0.947 bits per heavy atom. The molecule has 2 fully saturated rings. The second kappa shape index (κ2) is 6.58. The zero-order chi connectivity index (χ0) is 13.8. The van der Waals surface area contributed by atoms with Crippen molar-refractivity contribution >= 4 is 0 Å². The van der Waals surface area contributed by atoms with Crippen LogP contribution in [0, 0.1) is 10.8 Å². The zero-order valence-corrected chi connectivity index (χ0v) is 13.0. The lowest BCUT2D eigenvalue weighted by molar-refractivity contribution is 0.0775. The van der Waals surface area contributed by atoms with E-state index in [1.807, 2.05) is 0 Å². The van der Waals surface area contributed by atoms with Gasteiger partial charge in [0.15, 0.2) is 0 Å². The minimum Gasteiger partial charge on any atom is -0.396 e. The molecule has 0 saturated heterocycles. The van der Waals surface area contributed by atoms with E-state index < -0.39 is 0 Å². The van der Waals surface area contributed by atoms with Crippen molar-refractivity contribution in [1.82, 2.24) is 5.32 Å². The molecule has 2 saturated carbocycles. The van der Waals surface area contributed by atoms with Crippen LogP contribution in [-0.4, -0.2) is 24.3 Å². The second-order valence-electron chi connectivity index (χ2n) is 7.89. The molecule has 0 spiro atoms. The van der Waals surface area contributed by atoms with Gasteiger partial charge in [0.05, 0.1) is 0 Å². The van der Waals surface area contributed by atoms with Crippen LogP contribution < -0.4 is 5.32 Å². The van der Waals surface area contributed by atoms with E-state index in [-0.39, 0.29) is 5.41 Å². The fourth-order valence-electron chi connectivity index (χ4n) is 3.92. The van der Waals surface area contributed by atoms with Gasteiger partial charge in [-0.2, -0.15) is 0 Å². The van der Waals surface area contributed by atoms with Gasteiger partial charge in [-0.1, -0.05) is 39.5 Å². The van der Waals surface area contributed by atoms with E-state index in [9.17, 15) is 5.11 Å². The van der Waals surface area contributed by atoms with Crippen LogP contribution in [-0.2, 0) is 0 Å². The first kappa shape index (κ1) is 15.3. The van der Waals surface area contributed by atoms with Crippen molar-refractivity contribution in [3.63, 3.8) is 0 Å². The van der Waals surface area contributed by atoms with Crippen LogP contribution in [0.25, 0.3) is 0 Å². The van der Waals surface area contributed by atoms with Crippen LogP contribution >= 0.6 is 0 Å². The molecule has 2 aliphatic rings. The summed E-state index contributed by atoms with van der Waals surface area (Å²) in [5, 5.41) is 13.6. The lowest BCUT2D eigenvalue weighted by Crippen LogP contribution is -2.43. The second-order valence-corrected chi connectivity index (χ2v) is 7.89. The van der Waals surface area contributed by atoms with Crippen LogP contribution in [0.1, 0.15) is 78.1 Å². The first-order valence-corrected chi connectivity index (χ1v) is 8.40. The van der Waals surface area contributed by atoms with Crippen LogP contribution in [0.5, 0.6) is 0 Å². The van der Waals surface area contributed by atoms with Gasteiger partial charge in [0.2, 0.25) is 0 Å². The van der Waals surface area contributed by atoms with Gasteiger partial charge < -0.3 is 10.4 Å². The number of aliphatic hydroxyl groups is 1. The Kier molecular flexibility index (Phi) is 5.30. The van der Waals surface area contributed by atoms with Crippen molar-refractivity contribution in [2.45, 2.75) is 84.1 Å². The van der Waals surface area contributed by atoms with Gasteiger partial charge in [0, 0.05) is 24.6 Å². The molecule has 0 amide bonds. The van der Waals surface area contributed by atoms with Gasteiger partial charge in [0.1, 0.15) is 0 Å². The molecule has 2 nitrogen and oxygen atoms in total. The Bertz CT molecular complexity index is 268. The lowest BCUT2D eigenvalue weighted by atomic mass is 9.74. The first-order valence-electron chi connectivity index (χ1n) is 8.40. The summed E-state index contributed by atoms with van der Waals surface area (Å²) < 4.78 is 0. The Morgan fingerprint density at radius 2 is 1.68 bits per heavy atom. The number of nitrogens with one attached hydrogen (secondary N) is 1. The number of aliphatic hydroxyl groups excluding tert-OH is 1. The summed E-state index contributed by atoms with van der Waals surface area (Å²) in [5.41, 5.74) is 0.732. The molecular formula is C17H33NO. The highest BCUT2D eigenvalue weighted by atomic mass is 16.3. The smallest absolute Gasteiger partial charge is 0.0499 e. The van der Waals surface area contributed by atoms with Crippen molar-refractivity contribution in [1.29, 1.82) is 0 Å². The molecule has 0 radical (unpaired) electrons. The first-order chi connectivity index (χ1) is 9.05. The minimum absolute atomic E-state index is 0.195. The van der Waals surface area contributed by atoms with E-state index in [2.05, 4.69) is 19.2 Å². The van der Waals surface area contributed by atoms with Crippen LogP contribution in [0.4, 0.5) is 0 Å². The molecule has 0 bridgehead atoms. The van der Waals surface area contributed by atoms with Gasteiger partial charge in [-0.15, -0.1) is 0 Å². The van der Waals surface area contributed by atoms with E-state index in [1.54, 1.807) is 0 Å². The largest absolute Gasteiger partial charge is 0.396 e. The third kappa shape index (κ3) is 4.46. The van der Waals surface area contributed by atoms with Crippen molar-refractivity contribution < 1.29 is 5.11 Å². The molecule has 1 unspecified atom stereocenters. The molecule has 0 aliphatic heterocycles. The molecular weight excluding hydrogens is 234 g/mol. The molecule has 0 aromatic carbocycles. The summed E-state index contributed by atoms with van der Waals surface area (Å²) in [4.78, 5) is 0. The summed E-state index contributed by atoms with van der Waals surface area (Å²) >= 11 is 0. The molecule has 112 valence electrons. The maximum Gasteiger partial charge on any atom is 0.0499 e. The number of rotatable bonds is 4. The normalized spacial score (nSPS) is 30.8. The van der Waals surface area contributed by atoms with Gasteiger partial charge in [-0.25, -0.2) is 0 Å². The van der Waals surface area contributed by atoms with Gasteiger partial charge in [0.25, 0.3) is 0 Å². The molecule has 2 aliphatic carbocycles. The average Bonchev–Trinajstić information content (AvgIpc) is 2.59. The topological polar surface area (TPSA) is 32.3 Å². The number of hydrogen-bond acceptors (Lipinski definition) is 2. The van der Waals surface area contributed by atoms with E-state index in [1.165, 1.54) is 64.2 Å². The molecule has 2 heteroatoms. The summed E-state index contributed by atoms with van der Waals surface area (Å²) in [6, 6.07) is 0.687. The minimum atomic E-state index is 0.195. The van der Waals surface area contributed by atoms with Crippen LogP contribution in [0.15, 0.2) is 0 Å². The van der Waals surface area contributed by atoms with Gasteiger partial charge in [-0.05, 0) is 43.9 Å². The molecule has 0 heterocycles. The molecule has 0 aromatic rings. The van der Waals surface area contributed by atoms with E-state index >= 15 is 0 Å². The molecule has 2 rings (SSSR count). The molecule has 0 aromatic heterocycles. The maximum absolute atomic E-state index is 9.77. The third-order valence-electron chi connectivity index (χ3n) is 5.59. The summed E-state index contributed by atoms with van der Waals surface area (Å²) in [6.07, 6.45) is 13.1. The predicted molar refractivity (Wildman–Crippen MR) is 81.3 cm³/mol. The van der Waals surface area contributed by atoms with Crippen molar-refractivity contribution in [3.05, 3.63) is 0 Å². The number of hydrogen-bond donors (Lipinski definition) is 2. The highest BCUT2D eigenvalue weighted by Crippen LogP contribution is 2.37. The van der Waals surface area contributed by atoms with Crippen molar-refractivity contribution in [3.8, 4) is 0 Å². The van der Waals surface area contributed by atoms with E-state index in [0.717, 1.165) is 6.54 Å². The van der Waals surface area contributed by atoms with Crippen LogP contribution in [0.3, 0.4) is 0 Å². The highest BCUT2D eigenvalue weighted by molar-refractivity contribution is 4.87. The Balaban J connectivity index is 1.80. The van der Waals surface area contributed by atoms with Crippen molar-refractivity contribution in [2.75, 3.05) is 13.2 Å². The molecule has 2 N–H and O–H groups in total. The van der Waals surface area contributed by atoms with Gasteiger partial charge >= 0.3 is 0 Å². The SMILES string of the molecule is CC1(C)CCCC(NCC2(CO)CCCCC2)CC1. The fraction of sp³-hybridized carbons (Fsp3) is 1.00. The Labute approximate surface area is 119 Å². The monoisotopic (exact) mass is 267 g/mol. The Morgan fingerprint density at radius 3 is 2.37 bits per heavy atom. The summed E-state index contributed by atoms with van der Waals surface area (Å²) in [7, 11) is 0. The van der Waals surface area contributed by atoms with Crippen LogP contribution in [0.2, 0.25) is 0 Å². The summed E-state index contributed by atoms with van der Waals surface area (Å²) in [5.74, 6) is 0. The zero-order valence-electron chi connectivity index (χ0n) is 13.0. The molecule has 19 heavy (non-hydrogen) atoms. The highest BCUT2D eigenvalue weighted by Gasteiger charge is 2.32. The fourth-order valence-corrected chi connectivity index (χ4v) is 3.92. The standard InChI is InChI=1S/C17H33NO/c1-16(2)9-6-7-15(8-12-16)18-13-17(14-19)10-4-3-5-11-17/h15,18-19H,3-14H2,1-2H3.